The molecule has 3 heteroatoms. The van der Waals surface area contributed by atoms with E-state index in [1.165, 1.54) is 25.7 Å². The summed E-state index contributed by atoms with van der Waals surface area (Å²) in [6.45, 7) is 5.09. The average molecular weight is 250 g/mol. The minimum Gasteiger partial charge on any atom is -0.378 e. The van der Waals surface area contributed by atoms with Gasteiger partial charge in [0.05, 0.1) is 12.2 Å². The quantitative estimate of drug-likeness (QED) is 0.788. The van der Waals surface area contributed by atoms with Gasteiger partial charge in [0, 0.05) is 19.1 Å². The van der Waals surface area contributed by atoms with Crippen molar-refractivity contribution >= 4 is 0 Å². The molecule has 0 heterocycles. The van der Waals surface area contributed by atoms with Crippen molar-refractivity contribution in [3.8, 4) is 6.07 Å². The molecule has 0 bridgehead atoms. The van der Waals surface area contributed by atoms with Crippen LogP contribution in [0.3, 0.4) is 0 Å². The molecule has 18 heavy (non-hydrogen) atoms. The molecule has 0 aromatic rings. The minimum absolute atomic E-state index is 0.288. The van der Waals surface area contributed by atoms with Gasteiger partial charge in [-0.2, -0.15) is 5.26 Å². The van der Waals surface area contributed by atoms with Crippen molar-refractivity contribution in [2.45, 2.75) is 76.5 Å². The number of nitriles is 1. The Balaban J connectivity index is 1.70. The van der Waals surface area contributed by atoms with Crippen LogP contribution in [0, 0.1) is 17.2 Å². The summed E-state index contributed by atoms with van der Waals surface area (Å²) in [6, 6.07) is 2.83. The maximum Gasteiger partial charge on any atom is 0.109 e. The Morgan fingerprint density at radius 3 is 2.72 bits per heavy atom. The normalized spacial score (nSPS) is 32.4. The zero-order valence-electron chi connectivity index (χ0n) is 11.7. The summed E-state index contributed by atoms with van der Waals surface area (Å²) in [6.07, 6.45) is 8.50. The Hall–Kier alpha value is -0.590. The maximum absolute atomic E-state index is 9.38. The fraction of sp³-hybridized carbons (Fsp3) is 0.933. The van der Waals surface area contributed by atoms with E-state index in [4.69, 9.17) is 4.74 Å². The average Bonchev–Trinajstić information content (AvgIpc) is 2.65. The van der Waals surface area contributed by atoms with Crippen LogP contribution in [0.2, 0.25) is 0 Å². The zero-order valence-corrected chi connectivity index (χ0v) is 11.7. The van der Waals surface area contributed by atoms with E-state index in [0.29, 0.717) is 6.04 Å². The fourth-order valence-electron chi connectivity index (χ4n) is 3.14. The lowest BCUT2D eigenvalue weighted by Gasteiger charge is -2.27. The van der Waals surface area contributed by atoms with E-state index >= 15 is 0 Å². The van der Waals surface area contributed by atoms with Gasteiger partial charge in [-0.15, -0.1) is 0 Å². The van der Waals surface area contributed by atoms with Crippen LogP contribution >= 0.6 is 0 Å². The molecule has 0 aliphatic heterocycles. The number of hydrogen-bond donors (Lipinski definition) is 1. The van der Waals surface area contributed by atoms with Crippen LogP contribution in [-0.4, -0.2) is 24.3 Å². The van der Waals surface area contributed by atoms with E-state index in [1.807, 2.05) is 0 Å². The largest absolute Gasteiger partial charge is 0.378 e. The van der Waals surface area contributed by atoms with Crippen molar-refractivity contribution in [2.24, 2.45) is 5.92 Å². The number of nitrogens with one attached hydrogen (secondary N) is 1. The highest BCUT2D eigenvalue weighted by Gasteiger charge is 2.40. The summed E-state index contributed by atoms with van der Waals surface area (Å²) in [4.78, 5) is 0. The van der Waals surface area contributed by atoms with E-state index in [2.05, 4.69) is 25.2 Å². The van der Waals surface area contributed by atoms with Crippen LogP contribution in [0.4, 0.5) is 0 Å². The van der Waals surface area contributed by atoms with Gasteiger partial charge in [0.2, 0.25) is 0 Å². The van der Waals surface area contributed by atoms with E-state index < -0.39 is 0 Å². The van der Waals surface area contributed by atoms with E-state index in [0.717, 1.165) is 31.8 Å². The molecule has 2 aliphatic carbocycles. The predicted octanol–water partition coefficient (Wildman–Crippen LogP) is 3.01. The Morgan fingerprint density at radius 2 is 2.17 bits per heavy atom. The van der Waals surface area contributed by atoms with E-state index in [9.17, 15) is 5.26 Å². The lowest BCUT2D eigenvalue weighted by atomic mass is 9.83. The third-order valence-corrected chi connectivity index (χ3v) is 4.35. The minimum atomic E-state index is -0.338. The third kappa shape index (κ3) is 3.46. The van der Waals surface area contributed by atoms with Crippen molar-refractivity contribution in [3.63, 3.8) is 0 Å². The summed E-state index contributed by atoms with van der Waals surface area (Å²) in [5.74, 6) is 0.918. The highest BCUT2D eigenvalue weighted by Crippen LogP contribution is 2.33. The smallest absolute Gasteiger partial charge is 0.109 e. The van der Waals surface area contributed by atoms with Gasteiger partial charge < -0.3 is 4.74 Å². The molecule has 0 radical (unpaired) electrons. The Labute approximate surface area is 111 Å². The molecular formula is C15H26N2O. The van der Waals surface area contributed by atoms with Crippen molar-refractivity contribution < 1.29 is 4.74 Å². The number of nitrogens with zero attached hydrogens (tertiary/aromatic N) is 1. The van der Waals surface area contributed by atoms with Gasteiger partial charge in [-0.3, -0.25) is 5.32 Å². The van der Waals surface area contributed by atoms with Crippen molar-refractivity contribution in [2.75, 3.05) is 6.61 Å². The van der Waals surface area contributed by atoms with Crippen LogP contribution in [0.25, 0.3) is 0 Å². The number of rotatable bonds is 6. The highest BCUT2D eigenvalue weighted by atomic mass is 16.5. The van der Waals surface area contributed by atoms with Gasteiger partial charge in [0.1, 0.15) is 5.54 Å². The molecule has 2 aliphatic rings. The molecule has 2 saturated carbocycles. The maximum atomic E-state index is 9.38. The standard InChI is InChI=1S/C15H26N2O/c1-12(2)17-15(11-16)8-6-14(10-15)18-9-7-13-4-3-5-13/h12-14,17H,3-10H2,1-2H3. The summed E-state index contributed by atoms with van der Waals surface area (Å²) < 4.78 is 5.96. The second-order valence-corrected chi connectivity index (χ2v) is 6.31. The Morgan fingerprint density at radius 1 is 1.39 bits per heavy atom. The van der Waals surface area contributed by atoms with Crippen molar-refractivity contribution in [3.05, 3.63) is 0 Å². The first-order valence-corrected chi connectivity index (χ1v) is 7.44. The monoisotopic (exact) mass is 250 g/mol. The second-order valence-electron chi connectivity index (χ2n) is 6.31. The molecular weight excluding hydrogens is 224 g/mol. The molecule has 0 aromatic carbocycles. The Bertz CT molecular complexity index is 306. The molecule has 102 valence electrons. The van der Waals surface area contributed by atoms with Crippen LogP contribution in [0.5, 0.6) is 0 Å². The summed E-state index contributed by atoms with van der Waals surface area (Å²) >= 11 is 0. The van der Waals surface area contributed by atoms with Gasteiger partial charge >= 0.3 is 0 Å². The molecule has 2 unspecified atom stereocenters. The second kappa shape index (κ2) is 6.04. The summed E-state index contributed by atoms with van der Waals surface area (Å²) in [5.41, 5.74) is -0.338. The summed E-state index contributed by atoms with van der Waals surface area (Å²) in [7, 11) is 0. The molecule has 2 rings (SSSR count). The fourth-order valence-corrected chi connectivity index (χ4v) is 3.14. The van der Waals surface area contributed by atoms with Gasteiger partial charge in [-0.25, -0.2) is 0 Å². The van der Waals surface area contributed by atoms with Gasteiger partial charge in [0.15, 0.2) is 0 Å². The zero-order chi connectivity index (χ0) is 13.0. The Kier molecular flexibility index (Phi) is 4.64. The topological polar surface area (TPSA) is 45.0 Å². The molecule has 0 saturated heterocycles. The third-order valence-electron chi connectivity index (χ3n) is 4.35. The van der Waals surface area contributed by atoms with Crippen LogP contribution in [0.1, 0.15) is 58.8 Å². The van der Waals surface area contributed by atoms with Gasteiger partial charge in [-0.1, -0.05) is 19.3 Å². The lowest BCUT2D eigenvalue weighted by molar-refractivity contribution is 0.0391. The first-order chi connectivity index (χ1) is 8.63. The molecule has 2 fully saturated rings. The predicted molar refractivity (Wildman–Crippen MR) is 72.2 cm³/mol. The first kappa shape index (κ1) is 13.8. The van der Waals surface area contributed by atoms with E-state index in [-0.39, 0.29) is 11.6 Å². The number of ether oxygens (including phenoxy) is 1. The van der Waals surface area contributed by atoms with Crippen LogP contribution in [0.15, 0.2) is 0 Å². The first-order valence-electron chi connectivity index (χ1n) is 7.44. The van der Waals surface area contributed by atoms with Gasteiger partial charge in [0.25, 0.3) is 0 Å². The summed E-state index contributed by atoms with van der Waals surface area (Å²) in [5, 5.41) is 12.8. The lowest BCUT2D eigenvalue weighted by Crippen LogP contribution is -2.45. The number of hydrogen-bond acceptors (Lipinski definition) is 3. The van der Waals surface area contributed by atoms with Crippen LogP contribution < -0.4 is 5.32 Å². The molecule has 0 aromatic heterocycles. The highest BCUT2D eigenvalue weighted by molar-refractivity contribution is 5.12. The molecule has 3 nitrogen and oxygen atoms in total. The molecule has 2 atom stereocenters. The molecule has 1 N–H and O–H groups in total. The van der Waals surface area contributed by atoms with Crippen LogP contribution in [-0.2, 0) is 4.74 Å². The molecule has 0 amide bonds. The van der Waals surface area contributed by atoms with Crippen molar-refractivity contribution in [1.29, 1.82) is 5.26 Å². The molecule has 0 spiro atoms. The van der Waals surface area contributed by atoms with Gasteiger partial charge in [-0.05, 0) is 39.0 Å². The van der Waals surface area contributed by atoms with Crippen molar-refractivity contribution in [1.82, 2.24) is 5.32 Å². The van der Waals surface area contributed by atoms with E-state index in [1.54, 1.807) is 0 Å². The SMILES string of the molecule is CC(C)NC1(C#N)CCC(OCCC2CCC2)C1.